The molecule has 0 fully saturated rings. The van der Waals surface area contributed by atoms with Crippen molar-refractivity contribution in [2.75, 3.05) is 0 Å². The molecule has 0 heterocycles. The second-order valence-electron chi connectivity index (χ2n) is 7.69. The molecule has 0 aliphatic carbocycles. The maximum Gasteiger partial charge on any atom is 0.198 e. The molecule has 0 saturated heterocycles. The zero-order chi connectivity index (χ0) is 27.1. The van der Waals surface area contributed by atoms with Crippen molar-refractivity contribution in [1.82, 2.24) is 0 Å². The molecule has 0 N–H and O–H groups in total. The molecule has 8 heteroatoms. The molecular formula is C30H14Cl2N4O2. The molecule has 4 aromatic rings. The molecule has 0 atom stereocenters. The van der Waals surface area contributed by atoms with E-state index >= 15 is 0 Å². The number of benzene rings is 4. The number of hydrogen-bond donors (Lipinski definition) is 0. The highest BCUT2D eigenvalue weighted by atomic mass is 35.5. The van der Waals surface area contributed by atoms with Gasteiger partial charge in [-0.1, -0.05) is 53.5 Å². The predicted molar refractivity (Wildman–Crippen MR) is 146 cm³/mol. The van der Waals surface area contributed by atoms with Crippen LogP contribution in [0.2, 0.25) is 0 Å². The van der Waals surface area contributed by atoms with Gasteiger partial charge in [-0.2, -0.15) is 10.5 Å². The lowest BCUT2D eigenvalue weighted by molar-refractivity contribution is 0.482. The first-order chi connectivity index (χ1) is 18.4. The first-order valence-corrected chi connectivity index (χ1v) is 11.7. The third-order valence-electron chi connectivity index (χ3n) is 5.37. The van der Waals surface area contributed by atoms with Crippen LogP contribution in [0.5, 0.6) is 23.0 Å². The van der Waals surface area contributed by atoms with Gasteiger partial charge in [0.1, 0.15) is 39.6 Å². The molecule has 0 amide bonds. The average Bonchev–Trinajstić information content (AvgIpc) is 2.94. The molecule has 0 spiro atoms. The number of halogens is 2. The Morgan fingerprint density at radius 2 is 1.08 bits per heavy atom. The molecule has 38 heavy (non-hydrogen) atoms. The number of hydrogen-bond acceptors (Lipinski definition) is 4. The summed E-state index contributed by atoms with van der Waals surface area (Å²) in [6.07, 6.45) is 0. The summed E-state index contributed by atoms with van der Waals surface area (Å²) in [4.78, 5) is 6.69. The quantitative estimate of drug-likeness (QED) is 0.232. The first kappa shape index (κ1) is 25.8. The van der Waals surface area contributed by atoms with Gasteiger partial charge in [0.05, 0.1) is 24.3 Å². The Morgan fingerprint density at radius 3 is 1.55 bits per heavy atom. The van der Waals surface area contributed by atoms with Gasteiger partial charge in [0, 0.05) is 5.57 Å². The van der Waals surface area contributed by atoms with Gasteiger partial charge in [0.25, 0.3) is 0 Å². The maximum atomic E-state index is 9.21. The second kappa shape index (κ2) is 11.7. The lowest BCUT2D eigenvalue weighted by Crippen LogP contribution is -1.92. The van der Waals surface area contributed by atoms with E-state index in [4.69, 9.17) is 51.1 Å². The number of rotatable bonds is 6. The van der Waals surface area contributed by atoms with Crippen LogP contribution in [0.15, 0.2) is 89.4 Å². The summed E-state index contributed by atoms with van der Waals surface area (Å²) in [5, 5.41) is 18.3. The Hall–Kier alpha value is -5.24. The van der Waals surface area contributed by atoms with Crippen LogP contribution in [0.4, 0.5) is 11.4 Å². The van der Waals surface area contributed by atoms with Crippen LogP contribution < -0.4 is 9.47 Å². The molecule has 0 unspecified atom stereocenters. The third-order valence-corrected chi connectivity index (χ3v) is 5.74. The number of nitriles is 2. The largest absolute Gasteiger partial charge is 0.459 e. The normalized spacial score (nSPS) is 9.74. The SMILES string of the molecule is [C-]#[N+]c1ccc(Oc2ccc(C(=C(Cl)Cl)c3ccc(Oc4ccc(C#N)c(C#N)c4)cc3)cc2)cc1[N+]#[C-]. The molecule has 4 rings (SSSR count). The summed E-state index contributed by atoms with van der Waals surface area (Å²) in [6, 6.07) is 27.6. The highest BCUT2D eigenvalue weighted by Crippen LogP contribution is 2.36. The van der Waals surface area contributed by atoms with Crippen molar-refractivity contribution in [2.45, 2.75) is 0 Å². The van der Waals surface area contributed by atoms with E-state index in [1.54, 1.807) is 54.6 Å². The predicted octanol–water partition coefficient (Wildman–Crippen LogP) is 9.31. The molecule has 0 bridgehead atoms. The summed E-state index contributed by atoms with van der Waals surface area (Å²) in [5.41, 5.74) is 3.12. The standard InChI is InChI=1S/C30H14Cl2N4O2/c1-35-27-14-13-26(16-28(27)36-2)38-24-10-5-20(6-11-24)29(30(31)32)19-3-8-23(9-4-19)37-25-12-7-21(17-33)22(15-25)18-34/h3-16H. The Morgan fingerprint density at radius 1 is 0.605 bits per heavy atom. The van der Waals surface area contributed by atoms with Crippen LogP contribution in [0.1, 0.15) is 22.3 Å². The van der Waals surface area contributed by atoms with Crippen molar-refractivity contribution in [2.24, 2.45) is 0 Å². The van der Waals surface area contributed by atoms with Gasteiger partial charge in [-0.3, -0.25) is 4.85 Å². The van der Waals surface area contributed by atoms with Crippen LogP contribution in [-0.2, 0) is 0 Å². The van der Waals surface area contributed by atoms with Gasteiger partial charge < -0.3 is 9.47 Å². The molecule has 0 aliphatic rings. The molecule has 0 saturated carbocycles. The molecule has 6 nitrogen and oxygen atoms in total. The monoisotopic (exact) mass is 532 g/mol. The fourth-order valence-corrected chi connectivity index (χ4v) is 4.00. The van der Waals surface area contributed by atoms with E-state index in [2.05, 4.69) is 9.69 Å². The van der Waals surface area contributed by atoms with E-state index in [1.165, 1.54) is 18.2 Å². The van der Waals surface area contributed by atoms with Gasteiger partial charge in [-0.25, -0.2) is 4.85 Å². The van der Waals surface area contributed by atoms with Crippen LogP contribution in [0.3, 0.4) is 0 Å². The van der Waals surface area contributed by atoms with E-state index in [-0.39, 0.29) is 27.0 Å². The highest BCUT2D eigenvalue weighted by molar-refractivity contribution is 6.59. The van der Waals surface area contributed by atoms with E-state index in [0.29, 0.717) is 28.6 Å². The van der Waals surface area contributed by atoms with E-state index in [9.17, 15) is 5.26 Å². The second-order valence-corrected chi connectivity index (χ2v) is 8.64. The van der Waals surface area contributed by atoms with Crippen molar-refractivity contribution in [3.63, 3.8) is 0 Å². The zero-order valence-corrected chi connectivity index (χ0v) is 21.0. The molecule has 0 aliphatic heterocycles. The van der Waals surface area contributed by atoms with Crippen molar-refractivity contribution in [1.29, 1.82) is 10.5 Å². The minimum absolute atomic E-state index is 0.0783. The molecule has 0 aromatic heterocycles. The van der Waals surface area contributed by atoms with Crippen molar-refractivity contribution in [3.05, 3.63) is 135 Å². The van der Waals surface area contributed by atoms with Crippen LogP contribution >= 0.6 is 23.2 Å². The number of ether oxygens (including phenoxy) is 2. The van der Waals surface area contributed by atoms with Crippen LogP contribution in [0, 0.1) is 35.8 Å². The highest BCUT2D eigenvalue weighted by Gasteiger charge is 2.12. The van der Waals surface area contributed by atoms with Crippen LogP contribution in [-0.4, -0.2) is 0 Å². The fraction of sp³-hybridized carbons (Fsp3) is 0. The lowest BCUT2D eigenvalue weighted by atomic mass is 9.99. The van der Waals surface area contributed by atoms with Gasteiger partial charge in [-0.05, 0) is 65.7 Å². The molecule has 0 radical (unpaired) electrons. The average molecular weight is 533 g/mol. The maximum absolute atomic E-state index is 9.21. The summed E-state index contributed by atoms with van der Waals surface area (Å²) >= 11 is 12.5. The molecule has 4 aromatic carbocycles. The Kier molecular flexibility index (Phi) is 7.93. The first-order valence-electron chi connectivity index (χ1n) is 10.9. The Labute approximate surface area is 229 Å². The van der Waals surface area contributed by atoms with Gasteiger partial charge in [0.2, 0.25) is 0 Å². The summed E-state index contributed by atoms with van der Waals surface area (Å²) in [6.45, 7) is 14.4. The lowest BCUT2D eigenvalue weighted by Gasteiger charge is -2.12. The van der Waals surface area contributed by atoms with Gasteiger partial charge in [-0.15, -0.1) is 0 Å². The van der Waals surface area contributed by atoms with Gasteiger partial charge in [0.15, 0.2) is 11.4 Å². The topological polar surface area (TPSA) is 74.8 Å². The minimum Gasteiger partial charge on any atom is -0.459 e. The third kappa shape index (κ3) is 5.76. The Balaban J connectivity index is 1.52. The Bertz CT molecular complexity index is 1590. The van der Waals surface area contributed by atoms with E-state index < -0.39 is 0 Å². The summed E-state index contributed by atoms with van der Waals surface area (Å²) < 4.78 is 11.8. The molecule has 180 valence electrons. The minimum atomic E-state index is 0.0783. The zero-order valence-electron chi connectivity index (χ0n) is 19.4. The summed E-state index contributed by atoms with van der Waals surface area (Å²) in [7, 11) is 0. The molecular weight excluding hydrogens is 519 g/mol. The van der Waals surface area contributed by atoms with E-state index in [1.807, 2.05) is 24.3 Å². The van der Waals surface area contributed by atoms with Crippen LogP contribution in [0.25, 0.3) is 15.3 Å². The van der Waals surface area contributed by atoms with Crippen molar-refractivity contribution in [3.8, 4) is 35.1 Å². The number of nitrogens with zero attached hydrogens (tertiary/aromatic N) is 4. The van der Waals surface area contributed by atoms with E-state index in [0.717, 1.165) is 11.1 Å². The van der Waals surface area contributed by atoms with Gasteiger partial charge >= 0.3 is 0 Å². The fourth-order valence-electron chi connectivity index (χ4n) is 3.56. The smallest absolute Gasteiger partial charge is 0.198 e. The van der Waals surface area contributed by atoms with Crippen molar-refractivity contribution >= 4 is 40.1 Å². The summed E-state index contributed by atoms with van der Waals surface area (Å²) in [5.74, 6) is 1.94. The van der Waals surface area contributed by atoms with Crippen molar-refractivity contribution < 1.29 is 9.47 Å².